The molecule has 0 atom stereocenters. The first-order valence-corrected chi connectivity index (χ1v) is 8.76. The Labute approximate surface area is 160 Å². The van der Waals surface area contributed by atoms with Gasteiger partial charge in [-0.1, -0.05) is 12.1 Å². The Morgan fingerprint density at radius 2 is 1.86 bits per heavy atom. The summed E-state index contributed by atoms with van der Waals surface area (Å²) in [5.74, 6) is 0.0939. The van der Waals surface area contributed by atoms with Crippen molar-refractivity contribution >= 4 is 6.09 Å². The minimum Gasteiger partial charge on any atom is -0.483 e. The fourth-order valence-electron chi connectivity index (χ4n) is 3.01. The lowest BCUT2D eigenvalue weighted by Crippen LogP contribution is -2.33. The van der Waals surface area contributed by atoms with Crippen molar-refractivity contribution in [3.8, 4) is 17.0 Å². The summed E-state index contributed by atoms with van der Waals surface area (Å²) in [6.45, 7) is 4.56. The Balaban J connectivity index is 1.89. The van der Waals surface area contributed by atoms with Crippen molar-refractivity contribution in [1.82, 2.24) is 14.7 Å². The van der Waals surface area contributed by atoms with Gasteiger partial charge in [-0.15, -0.1) is 0 Å². The fraction of sp³-hybridized carbons (Fsp3) is 0.474. The van der Waals surface area contributed by atoms with Crippen molar-refractivity contribution in [1.29, 1.82) is 0 Å². The Kier molecular flexibility index (Phi) is 5.03. The van der Waals surface area contributed by atoms with Gasteiger partial charge in [-0.2, -0.15) is 18.3 Å². The zero-order valence-electron chi connectivity index (χ0n) is 16.1. The third kappa shape index (κ3) is 4.40. The maximum atomic E-state index is 12.6. The Morgan fingerprint density at radius 3 is 2.50 bits per heavy atom. The average molecular weight is 397 g/mol. The van der Waals surface area contributed by atoms with Crippen molar-refractivity contribution in [2.45, 2.75) is 45.6 Å². The van der Waals surface area contributed by atoms with E-state index in [1.807, 2.05) is 0 Å². The number of hydrogen-bond acceptors (Lipinski definition) is 4. The monoisotopic (exact) mass is 397 g/mol. The second-order valence-electron chi connectivity index (χ2n) is 7.63. The molecule has 0 bridgehead atoms. The Hall–Kier alpha value is -2.71. The van der Waals surface area contributed by atoms with Crippen molar-refractivity contribution < 1.29 is 27.4 Å². The lowest BCUT2D eigenvalue weighted by atomic mass is 10.1. The normalized spacial score (nSPS) is 14.2. The van der Waals surface area contributed by atoms with Crippen LogP contribution in [0.4, 0.5) is 18.0 Å². The molecule has 0 radical (unpaired) electrons. The lowest BCUT2D eigenvalue weighted by molar-refractivity contribution is -0.153. The molecular formula is C19H22F3N3O3. The number of para-hydroxylation sites is 1. The molecule has 0 saturated carbocycles. The molecule has 0 spiro atoms. The third-order valence-corrected chi connectivity index (χ3v) is 4.15. The quantitative estimate of drug-likeness (QED) is 0.776. The van der Waals surface area contributed by atoms with Crippen LogP contribution in [0.1, 0.15) is 32.0 Å². The molecule has 1 aliphatic heterocycles. The summed E-state index contributed by atoms with van der Waals surface area (Å²) in [6, 6.07) is 6.44. The third-order valence-electron chi connectivity index (χ3n) is 4.15. The van der Waals surface area contributed by atoms with Crippen LogP contribution in [0.2, 0.25) is 0 Å². The molecule has 6 nitrogen and oxygen atoms in total. The van der Waals surface area contributed by atoms with Crippen LogP contribution in [0.25, 0.3) is 11.3 Å². The number of amides is 1. The predicted octanol–water partition coefficient (Wildman–Crippen LogP) is 4.28. The van der Waals surface area contributed by atoms with Gasteiger partial charge in [-0.25, -0.2) is 4.79 Å². The van der Waals surface area contributed by atoms with E-state index in [0.717, 1.165) is 11.3 Å². The summed E-state index contributed by atoms with van der Waals surface area (Å²) >= 11 is 0. The zero-order chi connectivity index (χ0) is 20.7. The maximum absolute atomic E-state index is 12.6. The number of rotatable bonds is 3. The molecule has 3 rings (SSSR count). The smallest absolute Gasteiger partial charge is 0.422 e. The summed E-state index contributed by atoms with van der Waals surface area (Å²) in [5, 5.41) is 4.45. The number of hydrogen-bond donors (Lipinski definition) is 0. The van der Waals surface area contributed by atoms with Gasteiger partial charge in [0.25, 0.3) is 0 Å². The first-order chi connectivity index (χ1) is 12.9. The van der Waals surface area contributed by atoms with Gasteiger partial charge < -0.3 is 9.47 Å². The summed E-state index contributed by atoms with van der Waals surface area (Å²) in [7, 11) is 1.74. The average Bonchev–Trinajstić information content (AvgIpc) is 3.12. The van der Waals surface area contributed by atoms with Crippen molar-refractivity contribution in [3.05, 3.63) is 35.5 Å². The van der Waals surface area contributed by atoms with Crippen LogP contribution in [0.3, 0.4) is 0 Å². The van der Waals surface area contributed by atoms with Gasteiger partial charge in [0.15, 0.2) is 6.61 Å². The summed E-state index contributed by atoms with van der Waals surface area (Å²) < 4.78 is 49.8. The van der Waals surface area contributed by atoms with Gasteiger partial charge in [0.05, 0.1) is 18.8 Å². The standard InChI is InChI=1S/C19H22F3N3O3/c1-18(2,3)28-17(26)25-9-13-14(10-25)24(4)23-16(13)12-7-5-6-8-15(12)27-11-19(20,21)22/h5-8H,9-11H2,1-4H3. The molecule has 0 aliphatic carbocycles. The number of alkyl halides is 3. The van der Waals surface area contributed by atoms with Gasteiger partial charge >= 0.3 is 12.3 Å². The number of aryl methyl sites for hydroxylation is 1. The molecule has 0 N–H and O–H groups in total. The van der Waals surface area contributed by atoms with Gasteiger partial charge in [0.1, 0.15) is 17.0 Å². The van der Waals surface area contributed by atoms with E-state index < -0.39 is 24.5 Å². The number of nitrogens with zero attached hydrogens (tertiary/aromatic N) is 3. The van der Waals surface area contributed by atoms with Crippen LogP contribution in [0.5, 0.6) is 5.75 Å². The van der Waals surface area contributed by atoms with E-state index in [-0.39, 0.29) is 12.3 Å². The minimum absolute atomic E-state index is 0.0939. The maximum Gasteiger partial charge on any atom is 0.422 e. The molecule has 28 heavy (non-hydrogen) atoms. The topological polar surface area (TPSA) is 56.6 Å². The molecule has 2 aromatic rings. The molecule has 1 amide bonds. The molecule has 2 heterocycles. The molecule has 0 saturated heterocycles. The molecule has 0 fully saturated rings. The largest absolute Gasteiger partial charge is 0.483 e. The molecule has 1 aliphatic rings. The highest BCUT2D eigenvalue weighted by Crippen LogP contribution is 2.37. The lowest BCUT2D eigenvalue weighted by Gasteiger charge is -2.24. The van der Waals surface area contributed by atoms with Crippen molar-refractivity contribution in [3.63, 3.8) is 0 Å². The highest BCUT2D eigenvalue weighted by molar-refractivity contribution is 5.74. The van der Waals surface area contributed by atoms with E-state index in [0.29, 0.717) is 17.8 Å². The van der Waals surface area contributed by atoms with Gasteiger partial charge in [-0.05, 0) is 32.9 Å². The highest BCUT2D eigenvalue weighted by atomic mass is 19.4. The first-order valence-electron chi connectivity index (χ1n) is 8.76. The highest BCUT2D eigenvalue weighted by Gasteiger charge is 2.34. The van der Waals surface area contributed by atoms with Crippen LogP contribution < -0.4 is 4.74 Å². The number of ether oxygens (including phenoxy) is 2. The first kappa shape index (κ1) is 20.0. The van der Waals surface area contributed by atoms with Crippen LogP contribution >= 0.6 is 0 Å². The van der Waals surface area contributed by atoms with Crippen LogP contribution in [-0.4, -0.2) is 39.2 Å². The molecule has 1 aromatic carbocycles. The molecule has 9 heteroatoms. The second-order valence-corrected chi connectivity index (χ2v) is 7.63. The number of aromatic nitrogens is 2. The number of carbonyl (C=O) groups is 1. The van der Waals surface area contributed by atoms with E-state index >= 15 is 0 Å². The second kappa shape index (κ2) is 7.03. The van der Waals surface area contributed by atoms with E-state index in [1.165, 1.54) is 6.07 Å². The summed E-state index contributed by atoms with van der Waals surface area (Å²) in [6.07, 6.45) is -4.89. The SMILES string of the molecule is Cn1nc(-c2ccccc2OCC(F)(F)F)c2c1CN(C(=O)OC(C)(C)C)C2. The number of benzene rings is 1. The van der Waals surface area contributed by atoms with Crippen LogP contribution in [0.15, 0.2) is 24.3 Å². The number of fused-ring (bicyclic) bond motifs is 1. The van der Waals surface area contributed by atoms with Gasteiger partial charge in [-0.3, -0.25) is 9.58 Å². The molecule has 1 aromatic heterocycles. The van der Waals surface area contributed by atoms with E-state index in [1.54, 1.807) is 55.6 Å². The zero-order valence-corrected chi connectivity index (χ0v) is 16.1. The fourth-order valence-corrected chi connectivity index (χ4v) is 3.01. The Bertz CT molecular complexity index is 885. The molecule has 0 unspecified atom stereocenters. The Morgan fingerprint density at radius 1 is 1.18 bits per heavy atom. The van der Waals surface area contributed by atoms with Crippen molar-refractivity contribution in [2.24, 2.45) is 7.05 Å². The van der Waals surface area contributed by atoms with Crippen molar-refractivity contribution in [2.75, 3.05) is 6.61 Å². The summed E-state index contributed by atoms with van der Waals surface area (Å²) in [4.78, 5) is 13.9. The van der Waals surface area contributed by atoms with E-state index in [2.05, 4.69) is 5.10 Å². The van der Waals surface area contributed by atoms with Crippen LogP contribution in [0, 0.1) is 0 Å². The summed E-state index contributed by atoms with van der Waals surface area (Å²) in [5.41, 5.74) is 1.92. The van der Waals surface area contributed by atoms with E-state index in [9.17, 15) is 18.0 Å². The molecular weight excluding hydrogens is 375 g/mol. The number of halogens is 3. The van der Waals surface area contributed by atoms with Crippen LogP contribution in [-0.2, 0) is 24.9 Å². The van der Waals surface area contributed by atoms with Gasteiger partial charge in [0, 0.05) is 18.2 Å². The van der Waals surface area contributed by atoms with E-state index in [4.69, 9.17) is 9.47 Å². The predicted molar refractivity (Wildman–Crippen MR) is 95.7 cm³/mol. The minimum atomic E-state index is -4.44. The van der Waals surface area contributed by atoms with Gasteiger partial charge in [0.2, 0.25) is 0 Å². The number of carbonyl (C=O) groups excluding carboxylic acids is 1. The molecule has 152 valence electrons.